The molecule has 7 heteroatoms. The lowest BCUT2D eigenvalue weighted by molar-refractivity contribution is -0.274. The molecule has 1 amide bonds. The second-order valence-corrected chi connectivity index (χ2v) is 9.07. The van der Waals surface area contributed by atoms with Crippen molar-refractivity contribution in [1.82, 2.24) is 10.3 Å². The number of nitrogens with one attached hydrogen (secondary N) is 2. The first kappa shape index (κ1) is 23.9. The van der Waals surface area contributed by atoms with Crippen molar-refractivity contribution >= 4 is 5.91 Å². The molecule has 2 aromatic carbocycles. The number of aryl methyl sites for hydroxylation is 1. The van der Waals surface area contributed by atoms with Crippen LogP contribution in [-0.2, 0) is 0 Å². The number of rotatable bonds is 6. The smallest absolute Gasteiger partial charge is 0.405 e. The minimum atomic E-state index is -4.83. The third-order valence-electron chi connectivity index (χ3n) is 6.69. The molecular weight excluding hydrogens is 441 g/mol. The largest absolute Gasteiger partial charge is 0.573 e. The van der Waals surface area contributed by atoms with Crippen LogP contribution in [-0.4, -0.2) is 23.3 Å². The number of aromatic nitrogens is 1. The van der Waals surface area contributed by atoms with Crippen LogP contribution < -0.4 is 10.1 Å². The van der Waals surface area contributed by atoms with E-state index in [4.69, 9.17) is 0 Å². The fourth-order valence-electron chi connectivity index (χ4n) is 4.95. The highest BCUT2D eigenvalue weighted by molar-refractivity contribution is 6.01. The van der Waals surface area contributed by atoms with Crippen molar-refractivity contribution in [2.75, 3.05) is 0 Å². The molecule has 0 aliphatic heterocycles. The first-order valence-corrected chi connectivity index (χ1v) is 11.6. The Hall–Kier alpha value is -3.22. The van der Waals surface area contributed by atoms with E-state index >= 15 is 0 Å². The number of hydrogen-bond acceptors (Lipinski definition) is 2. The van der Waals surface area contributed by atoms with Crippen LogP contribution in [0.4, 0.5) is 13.2 Å². The minimum absolute atomic E-state index is 0.0473. The van der Waals surface area contributed by atoms with Crippen LogP contribution in [0.25, 0.3) is 11.3 Å². The van der Waals surface area contributed by atoms with E-state index in [1.165, 1.54) is 23.8 Å². The maximum absolute atomic E-state index is 13.2. The molecule has 1 heterocycles. The molecule has 34 heavy (non-hydrogen) atoms. The fraction of sp³-hybridized carbons (Fsp3) is 0.370. The van der Waals surface area contributed by atoms with Gasteiger partial charge in [-0.3, -0.25) is 4.79 Å². The van der Waals surface area contributed by atoms with E-state index in [2.05, 4.69) is 39.3 Å². The molecule has 1 aliphatic carbocycles. The number of carbonyl (C=O) groups excluding carboxylic acids is 1. The molecule has 1 atom stereocenters. The van der Waals surface area contributed by atoms with E-state index in [1.54, 1.807) is 19.1 Å². The van der Waals surface area contributed by atoms with Gasteiger partial charge in [-0.1, -0.05) is 42.5 Å². The zero-order valence-electron chi connectivity index (χ0n) is 19.3. The molecule has 1 fully saturated rings. The molecule has 3 aromatic rings. The Kier molecular flexibility index (Phi) is 7.00. The average molecular weight is 471 g/mol. The zero-order valence-corrected chi connectivity index (χ0v) is 19.3. The maximum Gasteiger partial charge on any atom is 0.573 e. The fourth-order valence-corrected chi connectivity index (χ4v) is 4.95. The second-order valence-electron chi connectivity index (χ2n) is 9.07. The van der Waals surface area contributed by atoms with Crippen molar-refractivity contribution in [2.45, 2.75) is 57.9 Å². The zero-order chi connectivity index (χ0) is 24.3. The summed E-state index contributed by atoms with van der Waals surface area (Å²) in [6, 6.07) is 18.0. The summed E-state index contributed by atoms with van der Waals surface area (Å²) in [5, 5.41) is 3.09. The number of carbonyl (C=O) groups is 1. The minimum Gasteiger partial charge on any atom is -0.405 e. The van der Waals surface area contributed by atoms with Gasteiger partial charge in [-0.15, -0.1) is 13.2 Å². The SMILES string of the molecule is Cc1cc(C(=O)N[C@@H](C)C2CCC(c3ccccc3)CC2)c(-c2ccccc2OC(F)(F)F)[nH]1. The third kappa shape index (κ3) is 5.64. The number of hydrogen-bond donors (Lipinski definition) is 2. The molecule has 2 N–H and O–H groups in total. The first-order chi connectivity index (χ1) is 16.2. The van der Waals surface area contributed by atoms with Gasteiger partial charge in [0.1, 0.15) is 5.75 Å². The summed E-state index contributed by atoms with van der Waals surface area (Å²) in [5.41, 5.74) is 2.85. The number of ether oxygens (including phenoxy) is 1. The Morgan fingerprint density at radius 1 is 1.03 bits per heavy atom. The molecule has 4 rings (SSSR count). The normalized spacial score (nSPS) is 19.4. The molecule has 1 saturated carbocycles. The van der Waals surface area contributed by atoms with Gasteiger partial charge in [0.05, 0.1) is 11.3 Å². The predicted octanol–water partition coefficient (Wildman–Crippen LogP) is 6.98. The van der Waals surface area contributed by atoms with Gasteiger partial charge in [0, 0.05) is 17.3 Å². The number of alkyl halides is 3. The van der Waals surface area contributed by atoms with Gasteiger partial charge in [-0.25, -0.2) is 0 Å². The Morgan fingerprint density at radius 2 is 1.68 bits per heavy atom. The molecule has 180 valence electrons. The van der Waals surface area contributed by atoms with E-state index in [-0.39, 0.29) is 23.3 Å². The quantitative estimate of drug-likeness (QED) is 0.408. The van der Waals surface area contributed by atoms with Crippen LogP contribution in [0.3, 0.4) is 0 Å². The van der Waals surface area contributed by atoms with E-state index < -0.39 is 6.36 Å². The molecule has 0 unspecified atom stereocenters. The lowest BCUT2D eigenvalue weighted by Crippen LogP contribution is -2.39. The number of aromatic amines is 1. The number of para-hydroxylation sites is 1. The topological polar surface area (TPSA) is 54.1 Å². The molecule has 0 spiro atoms. The van der Waals surface area contributed by atoms with Crippen molar-refractivity contribution in [3.05, 3.63) is 77.5 Å². The molecule has 0 saturated heterocycles. The van der Waals surface area contributed by atoms with Crippen LogP contribution in [0.1, 0.15) is 60.1 Å². The monoisotopic (exact) mass is 470 g/mol. The Bertz CT molecular complexity index is 1120. The van der Waals surface area contributed by atoms with Gasteiger partial charge in [0.15, 0.2) is 0 Å². The summed E-state index contributed by atoms with van der Waals surface area (Å²) in [5.74, 6) is 0.245. The standard InChI is InChI=1S/C27H29F3N2O2/c1-17-16-23(25(31-17)22-10-6-7-11-24(22)34-27(28,29)30)26(33)32-18(2)19-12-14-21(15-13-19)20-8-4-3-5-9-20/h3-11,16,18-19,21,31H,12-15H2,1-2H3,(H,32,33)/t18-,19?,21?/m0/s1. The van der Waals surface area contributed by atoms with Gasteiger partial charge < -0.3 is 15.0 Å². The van der Waals surface area contributed by atoms with Crippen LogP contribution >= 0.6 is 0 Å². The number of amides is 1. The summed E-state index contributed by atoms with van der Waals surface area (Å²) in [6.07, 6.45) is -0.644. The van der Waals surface area contributed by atoms with E-state index in [0.717, 1.165) is 25.7 Å². The van der Waals surface area contributed by atoms with Crippen molar-refractivity contribution < 1.29 is 22.7 Å². The highest BCUT2D eigenvalue weighted by Gasteiger charge is 2.33. The molecule has 4 nitrogen and oxygen atoms in total. The molecule has 1 aromatic heterocycles. The summed E-state index contributed by atoms with van der Waals surface area (Å²) in [7, 11) is 0. The van der Waals surface area contributed by atoms with E-state index in [0.29, 0.717) is 28.8 Å². The van der Waals surface area contributed by atoms with Crippen molar-refractivity contribution in [3.63, 3.8) is 0 Å². The average Bonchev–Trinajstić information content (AvgIpc) is 3.20. The predicted molar refractivity (Wildman–Crippen MR) is 126 cm³/mol. The summed E-state index contributed by atoms with van der Waals surface area (Å²) < 4.78 is 42.9. The highest BCUT2D eigenvalue weighted by atomic mass is 19.4. The van der Waals surface area contributed by atoms with Crippen LogP contribution in [0, 0.1) is 12.8 Å². The van der Waals surface area contributed by atoms with E-state index in [1.807, 2.05) is 13.0 Å². The summed E-state index contributed by atoms with van der Waals surface area (Å²) in [4.78, 5) is 16.2. The van der Waals surface area contributed by atoms with Gasteiger partial charge in [0.25, 0.3) is 5.91 Å². The van der Waals surface area contributed by atoms with E-state index in [9.17, 15) is 18.0 Å². The Balaban J connectivity index is 1.46. The maximum atomic E-state index is 13.2. The van der Waals surface area contributed by atoms with Crippen molar-refractivity contribution in [2.24, 2.45) is 5.92 Å². The molecule has 1 aliphatic rings. The van der Waals surface area contributed by atoms with Gasteiger partial charge in [-0.05, 0) is 75.1 Å². The van der Waals surface area contributed by atoms with Crippen LogP contribution in [0.2, 0.25) is 0 Å². The van der Waals surface area contributed by atoms with Gasteiger partial charge in [-0.2, -0.15) is 0 Å². The Labute approximate surface area is 197 Å². The Morgan fingerprint density at radius 3 is 2.35 bits per heavy atom. The summed E-state index contributed by atoms with van der Waals surface area (Å²) >= 11 is 0. The number of benzene rings is 2. The number of H-pyrrole nitrogens is 1. The van der Waals surface area contributed by atoms with Gasteiger partial charge >= 0.3 is 6.36 Å². The van der Waals surface area contributed by atoms with Crippen LogP contribution in [0.5, 0.6) is 5.75 Å². The molecule has 0 radical (unpaired) electrons. The summed E-state index contributed by atoms with van der Waals surface area (Å²) in [6.45, 7) is 3.77. The highest BCUT2D eigenvalue weighted by Crippen LogP contribution is 2.38. The second kappa shape index (κ2) is 9.95. The number of halogens is 3. The van der Waals surface area contributed by atoms with Crippen molar-refractivity contribution in [3.8, 4) is 17.0 Å². The molecule has 0 bridgehead atoms. The first-order valence-electron chi connectivity index (χ1n) is 11.6. The lowest BCUT2D eigenvalue weighted by atomic mass is 9.76. The van der Waals surface area contributed by atoms with Crippen molar-refractivity contribution in [1.29, 1.82) is 0 Å². The molecular formula is C27H29F3N2O2. The third-order valence-corrected chi connectivity index (χ3v) is 6.69. The van der Waals surface area contributed by atoms with Gasteiger partial charge in [0.2, 0.25) is 0 Å². The lowest BCUT2D eigenvalue weighted by Gasteiger charge is -2.33. The van der Waals surface area contributed by atoms with Crippen LogP contribution in [0.15, 0.2) is 60.7 Å².